The minimum Gasteiger partial charge on any atom is -0.332 e. The van der Waals surface area contributed by atoms with Crippen LogP contribution in [0.1, 0.15) is 23.2 Å². The number of hydrogen-bond donors (Lipinski definition) is 0. The molecule has 1 fully saturated rings. The van der Waals surface area contributed by atoms with Crippen molar-refractivity contribution in [1.82, 2.24) is 4.90 Å². The summed E-state index contributed by atoms with van der Waals surface area (Å²) in [6.45, 7) is 4.04. The standard InChI is InChI=1S/C13H13ClN2O3/c1-2-7-15(9-3-4-9)13(17)11-8-10(16(18)19)5-6-12(11)14/h2,5-6,8-9H,1,3-4,7H2. The van der Waals surface area contributed by atoms with Gasteiger partial charge in [-0.1, -0.05) is 17.7 Å². The fraction of sp³-hybridized carbons (Fsp3) is 0.308. The summed E-state index contributed by atoms with van der Waals surface area (Å²) in [5, 5.41) is 11.0. The Morgan fingerprint density at radius 3 is 2.79 bits per heavy atom. The van der Waals surface area contributed by atoms with Crippen LogP contribution in [-0.2, 0) is 0 Å². The molecule has 0 unspecified atom stereocenters. The van der Waals surface area contributed by atoms with Crippen molar-refractivity contribution in [3.63, 3.8) is 0 Å². The molecular formula is C13H13ClN2O3. The molecule has 100 valence electrons. The lowest BCUT2D eigenvalue weighted by atomic mass is 10.1. The molecule has 1 amide bonds. The van der Waals surface area contributed by atoms with Gasteiger partial charge in [0, 0.05) is 24.7 Å². The van der Waals surface area contributed by atoms with Gasteiger partial charge in [0.25, 0.3) is 11.6 Å². The van der Waals surface area contributed by atoms with Crippen LogP contribution in [-0.4, -0.2) is 28.3 Å². The Morgan fingerprint density at radius 2 is 2.26 bits per heavy atom. The summed E-state index contributed by atoms with van der Waals surface area (Å²) in [4.78, 5) is 24.2. The predicted molar refractivity (Wildman–Crippen MR) is 72.4 cm³/mol. The second-order valence-electron chi connectivity index (χ2n) is 4.40. The van der Waals surface area contributed by atoms with E-state index in [1.807, 2.05) is 0 Å². The molecule has 19 heavy (non-hydrogen) atoms. The molecule has 1 aliphatic carbocycles. The molecule has 0 spiro atoms. The number of amides is 1. The Balaban J connectivity index is 2.33. The Labute approximate surface area is 115 Å². The first-order valence-electron chi connectivity index (χ1n) is 5.90. The molecule has 0 radical (unpaired) electrons. The van der Waals surface area contributed by atoms with E-state index < -0.39 is 4.92 Å². The van der Waals surface area contributed by atoms with Crippen LogP contribution in [0.3, 0.4) is 0 Å². The van der Waals surface area contributed by atoms with Crippen LogP contribution < -0.4 is 0 Å². The summed E-state index contributed by atoms with van der Waals surface area (Å²) in [6, 6.07) is 4.09. The van der Waals surface area contributed by atoms with Crippen LogP contribution in [0, 0.1) is 10.1 Å². The number of benzene rings is 1. The molecule has 1 aliphatic rings. The molecule has 5 nitrogen and oxygen atoms in total. The van der Waals surface area contributed by atoms with Gasteiger partial charge in [0.15, 0.2) is 0 Å². The number of hydrogen-bond acceptors (Lipinski definition) is 3. The Morgan fingerprint density at radius 1 is 1.58 bits per heavy atom. The highest BCUT2D eigenvalue weighted by Crippen LogP contribution is 2.30. The van der Waals surface area contributed by atoms with Crippen LogP contribution >= 0.6 is 11.6 Å². The summed E-state index contributed by atoms with van der Waals surface area (Å²) in [5.74, 6) is -0.281. The second-order valence-corrected chi connectivity index (χ2v) is 4.81. The maximum absolute atomic E-state index is 12.4. The van der Waals surface area contributed by atoms with Crippen molar-refractivity contribution in [1.29, 1.82) is 0 Å². The summed E-state index contributed by atoms with van der Waals surface area (Å²) < 4.78 is 0. The quantitative estimate of drug-likeness (QED) is 0.473. The molecule has 6 heteroatoms. The first-order chi connectivity index (χ1) is 9.04. The van der Waals surface area contributed by atoms with Gasteiger partial charge >= 0.3 is 0 Å². The number of carbonyl (C=O) groups excluding carboxylic acids is 1. The van der Waals surface area contributed by atoms with Crippen LogP contribution in [0.25, 0.3) is 0 Å². The molecule has 1 saturated carbocycles. The van der Waals surface area contributed by atoms with E-state index in [2.05, 4.69) is 6.58 Å². The van der Waals surface area contributed by atoms with E-state index in [0.29, 0.717) is 6.54 Å². The highest BCUT2D eigenvalue weighted by atomic mass is 35.5. The molecule has 0 heterocycles. The molecular weight excluding hydrogens is 268 g/mol. The number of nitro groups is 1. The maximum atomic E-state index is 12.4. The fourth-order valence-corrected chi connectivity index (χ4v) is 2.07. The fourth-order valence-electron chi connectivity index (χ4n) is 1.87. The largest absolute Gasteiger partial charge is 0.332 e. The lowest BCUT2D eigenvalue weighted by Gasteiger charge is -2.21. The third-order valence-electron chi connectivity index (χ3n) is 2.97. The molecule has 1 aromatic rings. The minimum atomic E-state index is -0.540. The highest BCUT2D eigenvalue weighted by Gasteiger charge is 2.33. The van der Waals surface area contributed by atoms with Gasteiger partial charge in [0.2, 0.25) is 0 Å². The van der Waals surface area contributed by atoms with Gasteiger partial charge in [-0.25, -0.2) is 0 Å². The van der Waals surface area contributed by atoms with E-state index in [-0.39, 0.29) is 28.2 Å². The zero-order chi connectivity index (χ0) is 14.0. The summed E-state index contributed by atoms with van der Waals surface area (Å²) >= 11 is 5.97. The summed E-state index contributed by atoms with van der Waals surface area (Å²) in [7, 11) is 0. The maximum Gasteiger partial charge on any atom is 0.270 e. The Hall–Kier alpha value is -1.88. The summed E-state index contributed by atoms with van der Waals surface area (Å²) in [5.41, 5.74) is 0.0340. The molecule has 0 aliphatic heterocycles. The first-order valence-corrected chi connectivity index (χ1v) is 6.28. The van der Waals surface area contributed by atoms with E-state index >= 15 is 0 Å². The van der Waals surface area contributed by atoms with Gasteiger partial charge in [-0.15, -0.1) is 6.58 Å². The van der Waals surface area contributed by atoms with Crippen LogP contribution in [0.15, 0.2) is 30.9 Å². The van der Waals surface area contributed by atoms with Gasteiger partial charge in [0.1, 0.15) is 0 Å². The van der Waals surface area contributed by atoms with E-state index in [0.717, 1.165) is 12.8 Å². The number of carbonyl (C=O) groups is 1. The molecule has 0 saturated heterocycles. The van der Waals surface area contributed by atoms with Crippen LogP contribution in [0.2, 0.25) is 5.02 Å². The van der Waals surface area contributed by atoms with E-state index in [1.54, 1.807) is 11.0 Å². The van der Waals surface area contributed by atoms with Gasteiger partial charge in [-0.3, -0.25) is 14.9 Å². The lowest BCUT2D eigenvalue weighted by molar-refractivity contribution is -0.384. The van der Waals surface area contributed by atoms with Gasteiger partial charge in [-0.05, 0) is 18.9 Å². The van der Waals surface area contributed by atoms with Gasteiger partial charge in [0.05, 0.1) is 15.5 Å². The number of halogens is 1. The molecule has 1 aromatic carbocycles. The van der Waals surface area contributed by atoms with Crippen molar-refractivity contribution in [2.24, 2.45) is 0 Å². The normalized spacial score (nSPS) is 13.9. The van der Waals surface area contributed by atoms with E-state index in [1.165, 1.54) is 18.2 Å². The van der Waals surface area contributed by atoms with E-state index in [9.17, 15) is 14.9 Å². The van der Waals surface area contributed by atoms with Crippen LogP contribution in [0.5, 0.6) is 0 Å². The monoisotopic (exact) mass is 280 g/mol. The third kappa shape index (κ3) is 2.93. The Bertz CT molecular complexity index is 541. The van der Waals surface area contributed by atoms with Crippen LogP contribution in [0.4, 0.5) is 5.69 Å². The first kappa shape index (κ1) is 13.5. The van der Waals surface area contributed by atoms with Crippen molar-refractivity contribution >= 4 is 23.2 Å². The number of nitro benzene ring substituents is 1. The number of rotatable bonds is 5. The SMILES string of the molecule is C=CCN(C(=O)c1cc([N+](=O)[O-])ccc1Cl)C1CC1. The van der Waals surface area contributed by atoms with Gasteiger partial charge < -0.3 is 4.90 Å². The van der Waals surface area contributed by atoms with Crippen molar-refractivity contribution < 1.29 is 9.72 Å². The smallest absolute Gasteiger partial charge is 0.270 e. The van der Waals surface area contributed by atoms with E-state index in [4.69, 9.17) is 11.6 Å². The molecule has 0 aromatic heterocycles. The Kier molecular flexibility index (Phi) is 3.85. The lowest BCUT2D eigenvalue weighted by Crippen LogP contribution is -2.33. The number of nitrogens with zero attached hydrogens (tertiary/aromatic N) is 2. The molecule has 0 atom stereocenters. The second kappa shape index (κ2) is 5.40. The van der Waals surface area contributed by atoms with Crippen molar-refractivity contribution in [3.05, 3.63) is 51.6 Å². The predicted octanol–water partition coefficient (Wildman–Crippen LogP) is 3.04. The van der Waals surface area contributed by atoms with Crippen molar-refractivity contribution in [2.75, 3.05) is 6.54 Å². The topological polar surface area (TPSA) is 63.5 Å². The zero-order valence-corrected chi connectivity index (χ0v) is 11.0. The molecule has 0 bridgehead atoms. The highest BCUT2D eigenvalue weighted by molar-refractivity contribution is 6.34. The zero-order valence-electron chi connectivity index (χ0n) is 10.2. The average Bonchev–Trinajstić information content (AvgIpc) is 3.19. The number of non-ortho nitro benzene ring substituents is 1. The van der Waals surface area contributed by atoms with Gasteiger partial charge in [-0.2, -0.15) is 0 Å². The summed E-state index contributed by atoms with van der Waals surface area (Å²) in [6.07, 6.45) is 3.54. The molecule has 2 rings (SSSR count). The average molecular weight is 281 g/mol. The third-order valence-corrected chi connectivity index (χ3v) is 3.30. The molecule has 0 N–H and O–H groups in total. The van der Waals surface area contributed by atoms with Crippen molar-refractivity contribution in [2.45, 2.75) is 18.9 Å². The van der Waals surface area contributed by atoms with Crippen molar-refractivity contribution in [3.8, 4) is 0 Å². The minimum absolute atomic E-state index is 0.137.